The molecule has 1 heterocycles. The normalized spacial score (nSPS) is 18.1. The fraction of sp³-hybridized carbons (Fsp3) is 0.929. The zero-order valence-electron chi connectivity index (χ0n) is 12.4. The fourth-order valence-corrected chi connectivity index (χ4v) is 2.21. The second-order valence-electron chi connectivity index (χ2n) is 6.35. The highest BCUT2D eigenvalue weighted by Crippen LogP contribution is 2.17. The molecule has 0 spiro atoms. The number of piperazine rings is 1. The summed E-state index contributed by atoms with van der Waals surface area (Å²) >= 11 is 0. The van der Waals surface area contributed by atoms with Gasteiger partial charge in [-0.1, -0.05) is 13.8 Å². The number of hydrogen-bond donors (Lipinski definition) is 2. The number of amides is 1. The lowest BCUT2D eigenvalue weighted by Crippen LogP contribution is -2.50. The third-order valence-corrected chi connectivity index (χ3v) is 3.45. The molecule has 0 aliphatic carbocycles. The van der Waals surface area contributed by atoms with Crippen molar-refractivity contribution >= 4 is 5.91 Å². The van der Waals surface area contributed by atoms with Gasteiger partial charge < -0.3 is 10.6 Å². The summed E-state index contributed by atoms with van der Waals surface area (Å²) in [6.07, 6.45) is 1.05. The molecule has 0 unspecified atom stereocenters. The molecule has 1 fully saturated rings. The average molecular weight is 255 g/mol. The lowest BCUT2D eigenvalue weighted by Gasteiger charge is -2.34. The SMILES string of the molecule is CC(C)CCNC(=O)C(C)(C)CN1CCNCC1. The van der Waals surface area contributed by atoms with Crippen molar-refractivity contribution < 1.29 is 4.79 Å². The predicted molar refractivity (Wildman–Crippen MR) is 75.6 cm³/mol. The van der Waals surface area contributed by atoms with Gasteiger partial charge in [0.25, 0.3) is 0 Å². The minimum absolute atomic E-state index is 0.182. The van der Waals surface area contributed by atoms with Gasteiger partial charge in [-0.3, -0.25) is 9.69 Å². The smallest absolute Gasteiger partial charge is 0.226 e. The van der Waals surface area contributed by atoms with Crippen molar-refractivity contribution in [3.63, 3.8) is 0 Å². The van der Waals surface area contributed by atoms with Gasteiger partial charge in [0, 0.05) is 39.3 Å². The van der Waals surface area contributed by atoms with Gasteiger partial charge >= 0.3 is 0 Å². The third kappa shape index (κ3) is 5.36. The van der Waals surface area contributed by atoms with E-state index < -0.39 is 0 Å². The minimum Gasteiger partial charge on any atom is -0.356 e. The highest BCUT2D eigenvalue weighted by molar-refractivity contribution is 5.82. The summed E-state index contributed by atoms with van der Waals surface area (Å²) in [7, 11) is 0. The van der Waals surface area contributed by atoms with Crippen molar-refractivity contribution in [2.24, 2.45) is 11.3 Å². The highest BCUT2D eigenvalue weighted by Gasteiger charge is 2.30. The van der Waals surface area contributed by atoms with E-state index in [1.807, 2.05) is 13.8 Å². The van der Waals surface area contributed by atoms with Gasteiger partial charge in [-0.15, -0.1) is 0 Å². The molecule has 106 valence electrons. The maximum absolute atomic E-state index is 12.2. The summed E-state index contributed by atoms with van der Waals surface area (Å²) in [6.45, 7) is 14.2. The molecular weight excluding hydrogens is 226 g/mol. The van der Waals surface area contributed by atoms with Gasteiger partial charge in [-0.05, 0) is 26.2 Å². The zero-order valence-corrected chi connectivity index (χ0v) is 12.4. The average Bonchev–Trinajstić information content (AvgIpc) is 2.29. The van der Waals surface area contributed by atoms with Crippen LogP contribution in [0.15, 0.2) is 0 Å². The van der Waals surface area contributed by atoms with Crippen LogP contribution in [0.4, 0.5) is 0 Å². The Morgan fingerprint density at radius 1 is 1.33 bits per heavy atom. The molecule has 0 saturated carbocycles. The Bertz CT molecular complexity index is 258. The monoisotopic (exact) mass is 255 g/mol. The van der Waals surface area contributed by atoms with Crippen LogP contribution in [0, 0.1) is 11.3 Å². The fourth-order valence-electron chi connectivity index (χ4n) is 2.21. The third-order valence-electron chi connectivity index (χ3n) is 3.45. The summed E-state index contributed by atoms with van der Waals surface area (Å²) in [6, 6.07) is 0. The van der Waals surface area contributed by atoms with Gasteiger partial charge in [0.1, 0.15) is 0 Å². The van der Waals surface area contributed by atoms with Gasteiger partial charge in [0.15, 0.2) is 0 Å². The van der Waals surface area contributed by atoms with E-state index in [-0.39, 0.29) is 11.3 Å². The largest absolute Gasteiger partial charge is 0.356 e. The van der Waals surface area contributed by atoms with Gasteiger partial charge in [0.2, 0.25) is 5.91 Å². The van der Waals surface area contributed by atoms with E-state index in [0.29, 0.717) is 5.92 Å². The molecular formula is C14H29N3O. The maximum Gasteiger partial charge on any atom is 0.226 e. The number of nitrogens with one attached hydrogen (secondary N) is 2. The van der Waals surface area contributed by atoms with Gasteiger partial charge in [-0.25, -0.2) is 0 Å². The Hall–Kier alpha value is -0.610. The molecule has 0 aromatic carbocycles. The lowest BCUT2D eigenvalue weighted by atomic mass is 9.91. The van der Waals surface area contributed by atoms with E-state index >= 15 is 0 Å². The first-order valence-electron chi connectivity index (χ1n) is 7.13. The van der Waals surface area contributed by atoms with Crippen LogP contribution < -0.4 is 10.6 Å². The van der Waals surface area contributed by atoms with Gasteiger partial charge in [-0.2, -0.15) is 0 Å². The molecule has 0 aromatic rings. The van der Waals surface area contributed by atoms with Crippen molar-refractivity contribution in [2.45, 2.75) is 34.1 Å². The summed E-state index contributed by atoms with van der Waals surface area (Å²) in [5, 5.41) is 6.40. The lowest BCUT2D eigenvalue weighted by molar-refractivity contribution is -0.130. The summed E-state index contributed by atoms with van der Waals surface area (Å²) < 4.78 is 0. The number of carbonyl (C=O) groups excluding carboxylic acids is 1. The molecule has 4 nitrogen and oxygen atoms in total. The van der Waals surface area contributed by atoms with E-state index in [2.05, 4.69) is 29.4 Å². The van der Waals surface area contributed by atoms with Crippen LogP contribution >= 0.6 is 0 Å². The van der Waals surface area contributed by atoms with Crippen molar-refractivity contribution in [3.8, 4) is 0 Å². The van der Waals surface area contributed by atoms with Crippen LogP contribution in [0.3, 0.4) is 0 Å². The van der Waals surface area contributed by atoms with E-state index in [4.69, 9.17) is 0 Å². The number of nitrogens with zero attached hydrogens (tertiary/aromatic N) is 1. The standard InChI is InChI=1S/C14H29N3O/c1-12(2)5-6-16-13(18)14(3,4)11-17-9-7-15-8-10-17/h12,15H,5-11H2,1-4H3,(H,16,18). The molecule has 18 heavy (non-hydrogen) atoms. The van der Waals surface area contributed by atoms with Crippen LogP contribution in [0.1, 0.15) is 34.1 Å². The summed E-state index contributed by atoms with van der Waals surface area (Å²) in [5.74, 6) is 0.822. The number of carbonyl (C=O) groups is 1. The molecule has 4 heteroatoms. The Balaban J connectivity index is 2.33. The first kappa shape index (κ1) is 15.4. The molecule has 1 aliphatic heterocycles. The van der Waals surface area contributed by atoms with Crippen molar-refractivity contribution in [3.05, 3.63) is 0 Å². The Labute approximate surface area is 111 Å². The Kier molecular flexibility index (Phi) is 6.09. The first-order valence-corrected chi connectivity index (χ1v) is 7.13. The maximum atomic E-state index is 12.2. The summed E-state index contributed by atoms with van der Waals surface area (Å²) in [4.78, 5) is 14.5. The molecule has 1 saturated heterocycles. The Morgan fingerprint density at radius 3 is 2.50 bits per heavy atom. The molecule has 0 atom stereocenters. The van der Waals surface area contributed by atoms with Crippen molar-refractivity contribution in [1.82, 2.24) is 15.5 Å². The molecule has 1 rings (SSSR count). The molecule has 0 radical (unpaired) electrons. The van der Waals surface area contributed by atoms with Crippen LogP contribution in [-0.2, 0) is 4.79 Å². The van der Waals surface area contributed by atoms with Crippen molar-refractivity contribution in [2.75, 3.05) is 39.3 Å². The highest BCUT2D eigenvalue weighted by atomic mass is 16.2. The van der Waals surface area contributed by atoms with Crippen LogP contribution in [0.5, 0.6) is 0 Å². The molecule has 1 aliphatic rings. The number of hydrogen-bond acceptors (Lipinski definition) is 3. The zero-order chi connectivity index (χ0) is 13.6. The van der Waals surface area contributed by atoms with Crippen LogP contribution in [-0.4, -0.2) is 50.1 Å². The van der Waals surface area contributed by atoms with Crippen molar-refractivity contribution in [1.29, 1.82) is 0 Å². The van der Waals surface area contributed by atoms with E-state index in [0.717, 1.165) is 45.7 Å². The second-order valence-corrected chi connectivity index (χ2v) is 6.35. The number of rotatable bonds is 6. The first-order chi connectivity index (χ1) is 8.42. The Morgan fingerprint density at radius 2 is 1.94 bits per heavy atom. The second kappa shape index (κ2) is 7.10. The van der Waals surface area contributed by atoms with E-state index in [1.54, 1.807) is 0 Å². The molecule has 0 bridgehead atoms. The molecule has 2 N–H and O–H groups in total. The minimum atomic E-state index is -0.297. The quantitative estimate of drug-likeness (QED) is 0.746. The van der Waals surface area contributed by atoms with Crippen LogP contribution in [0.2, 0.25) is 0 Å². The topological polar surface area (TPSA) is 44.4 Å². The van der Waals surface area contributed by atoms with E-state index in [9.17, 15) is 4.79 Å². The van der Waals surface area contributed by atoms with Crippen LogP contribution in [0.25, 0.3) is 0 Å². The van der Waals surface area contributed by atoms with E-state index in [1.165, 1.54) is 0 Å². The molecule has 1 amide bonds. The summed E-state index contributed by atoms with van der Waals surface area (Å²) in [5.41, 5.74) is -0.297. The predicted octanol–water partition coefficient (Wildman–Crippen LogP) is 1.08. The molecule has 0 aromatic heterocycles. The van der Waals surface area contributed by atoms with Gasteiger partial charge in [0.05, 0.1) is 5.41 Å².